The molecule has 6 nitrogen and oxygen atoms in total. The van der Waals surface area contributed by atoms with Gasteiger partial charge < -0.3 is 15.1 Å². The fraction of sp³-hybridized carbons (Fsp3) is 0. The van der Waals surface area contributed by atoms with Crippen molar-refractivity contribution in [2.45, 2.75) is 0 Å². The number of nitrogens with one attached hydrogen (secondary N) is 1. The molecule has 3 N–H and O–H groups in total. The molecule has 0 aliphatic rings. The number of nitrogens with zero attached hydrogens (tertiary/aromatic N) is 3. The lowest BCUT2D eigenvalue weighted by molar-refractivity contribution is 0.632. The topological polar surface area (TPSA) is 93.6 Å². The molecule has 0 saturated heterocycles. The van der Waals surface area contributed by atoms with Gasteiger partial charge in [0.05, 0.1) is 18.2 Å². The lowest BCUT2D eigenvalue weighted by Gasteiger charge is -2.02. The van der Waals surface area contributed by atoms with Crippen LogP contribution in [0.1, 0.15) is 0 Å². The van der Waals surface area contributed by atoms with Crippen LogP contribution >= 0.6 is 0 Å². The maximum atomic E-state index is 6.16. The quantitative estimate of drug-likeness (QED) is 0.497. The van der Waals surface area contributed by atoms with E-state index in [1.54, 1.807) is 31.0 Å². The van der Waals surface area contributed by atoms with Gasteiger partial charge in [-0.15, -0.1) is 0 Å². The van der Waals surface area contributed by atoms with E-state index >= 15 is 0 Å². The average molecular weight is 353 g/mol. The van der Waals surface area contributed by atoms with Gasteiger partial charge in [0.15, 0.2) is 5.58 Å². The van der Waals surface area contributed by atoms with Crippen LogP contribution in [0.4, 0.5) is 5.82 Å². The predicted molar refractivity (Wildman–Crippen MR) is 105 cm³/mol. The third kappa shape index (κ3) is 2.73. The Hall–Kier alpha value is -3.93. The van der Waals surface area contributed by atoms with Crippen LogP contribution in [0.25, 0.3) is 44.8 Å². The Balaban J connectivity index is 1.57. The van der Waals surface area contributed by atoms with Crippen LogP contribution < -0.4 is 5.73 Å². The highest BCUT2D eigenvalue weighted by molar-refractivity contribution is 5.92. The first-order valence-corrected chi connectivity index (χ1v) is 8.47. The second-order valence-electron chi connectivity index (χ2n) is 6.20. The number of furan rings is 1. The Bertz CT molecular complexity index is 1210. The SMILES string of the molecule is Nc1ccc(-c2ccnc3cc(-c4ccc(-c5cnc[nH]5)cc4)oc23)cn1. The highest BCUT2D eigenvalue weighted by Gasteiger charge is 2.13. The Kier molecular flexibility index (Phi) is 3.47. The molecule has 0 saturated carbocycles. The first-order chi connectivity index (χ1) is 13.3. The second-order valence-corrected chi connectivity index (χ2v) is 6.20. The number of H-pyrrole nitrogens is 1. The number of pyridine rings is 2. The predicted octanol–water partition coefficient (Wildman–Crippen LogP) is 4.53. The number of nitrogens with two attached hydrogens (primary N) is 1. The van der Waals surface area contributed by atoms with Gasteiger partial charge in [0.2, 0.25) is 0 Å². The van der Waals surface area contributed by atoms with E-state index in [2.05, 4.69) is 19.9 Å². The molecule has 6 heteroatoms. The van der Waals surface area contributed by atoms with Gasteiger partial charge >= 0.3 is 0 Å². The fourth-order valence-corrected chi connectivity index (χ4v) is 3.10. The Labute approximate surface area is 154 Å². The van der Waals surface area contributed by atoms with Crippen LogP contribution in [0.3, 0.4) is 0 Å². The van der Waals surface area contributed by atoms with Crippen molar-refractivity contribution in [3.63, 3.8) is 0 Å². The number of nitrogen functional groups attached to an aromatic ring is 1. The molecule has 1 aromatic carbocycles. The Morgan fingerprint density at radius 1 is 0.852 bits per heavy atom. The summed E-state index contributed by atoms with van der Waals surface area (Å²) in [7, 11) is 0. The highest BCUT2D eigenvalue weighted by atomic mass is 16.3. The molecule has 0 bridgehead atoms. The van der Waals surface area contributed by atoms with Gasteiger partial charge in [0, 0.05) is 35.2 Å². The number of aromatic amines is 1. The van der Waals surface area contributed by atoms with Gasteiger partial charge in [0.25, 0.3) is 0 Å². The molecule has 5 rings (SSSR count). The molecule has 4 aromatic heterocycles. The number of hydrogen-bond acceptors (Lipinski definition) is 5. The number of imidazole rings is 1. The van der Waals surface area contributed by atoms with Crippen molar-refractivity contribution in [1.82, 2.24) is 19.9 Å². The molecular weight excluding hydrogens is 338 g/mol. The van der Waals surface area contributed by atoms with Crippen molar-refractivity contribution in [3.05, 3.63) is 73.4 Å². The third-order valence-corrected chi connectivity index (χ3v) is 4.49. The average Bonchev–Trinajstić information content (AvgIpc) is 3.38. The van der Waals surface area contributed by atoms with Crippen LogP contribution in [0.15, 0.2) is 77.9 Å². The normalized spacial score (nSPS) is 11.1. The number of benzene rings is 1. The summed E-state index contributed by atoms with van der Waals surface area (Å²) in [4.78, 5) is 15.8. The van der Waals surface area contributed by atoms with Gasteiger partial charge in [-0.1, -0.05) is 24.3 Å². The summed E-state index contributed by atoms with van der Waals surface area (Å²) in [6.07, 6.45) is 6.98. The van der Waals surface area contributed by atoms with Crippen LogP contribution in [-0.2, 0) is 0 Å². The zero-order valence-corrected chi connectivity index (χ0v) is 14.3. The molecule has 0 unspecified atom stereocenters. The molecule has 0 atom stereocenters. The standard InChI is InChI=1S/C21H15N5O/c22-20-6-5-15(10-25-20)16-7-8-24-17-9-19(27-21(16)17)14-3-1-13(2-4-14)18-11-23-12-26-18/h1-12H,(H2,22,25)(H,23,26). The van der Waals surface area contributed by atoms with E-state index in [-0.39, 0.29) is 0 Å². The molecule has 5 aromatic rings. The molecule has 4 heterocycles. The molecule has 130 valence electrons. The summed E-state index contributed by atoms with van der Waals surface area (Å²) in [5.74, 6) is 1.26. The van der Waals surface area contributed by atoms with E-state index in [9.17, 15) is 0 Å². The molecule has 0 spiro atoms. The molecular formula is C21H15N5O. The highest BCUT2D eigenvalue weighted by Crippen LogP contribution is 2.34. The van der Waals surface area contributed by atoms with Crippen LogP contribution in [0.2, 0.25) is 0 Å². The van der Waals surface area contributed by atoms with E-state index in [4.69, 9.17) is 10.2 Å². The molecule has 0 radical (unpaired) electrons. The second kappa shape index (κ2) is 6.10. The number of anilines is 1. The van der Waals surface area contributed by atoms with Gasteiger partial charge in [-0.05, 0) is 23.8 Å². The smallest absolute Gasteiger partial charge is 0.161 e. The summed E-state index contributed by atoms with van der Waals surface area (Å²) < 4.78 is 6.16. The lowest BCUT2D eigenvalue weighted by Crippen LogP contribution is -1.89. The Morgan fingerprint density at radius 3 is 2.41 bits per heavy atom. The van der Waals surface area contributed by atoms with Gasteiger partial charge in [-0.25, -0.2) is 9.97 Å². The maximum Gasteiger partial charge on any atom is 0.161 e. The number of aromatic nitrogens is 4. The molecule has 0 aliphatic carbocycles. The van der Waals surface area contributed by atoms with Crippen molar-refractivity contribution in [3.8, 4) is 33.7 Å². The largest absolute Gasteiger partial charge is 0.454 e. The number of fused-ring (bicyclic) bond motifs is 1. The van der Waals surface area contributed by atoms with Crippen molar-refractivity contribution < 1.29 is 4.42 Å². The van der Waals surface area contributed by atoms with Crippen LogP contribution in [0.5, 0.6) is 0 Å². The minimum atomic E-state index is 0.488. The summed E-state index contributed by atoms with van der Waals surface area (Å²) in [5, 5.41) is 0. The van der Waals surface area contributed by atoms with E-state index < -0.39 is 0 Å². The van der Waals surface area contributed by atoms with Crippen LogP contribution in [-0.4, -0.2) is 19.9 Å². The lowest BCUT2D eigenvalue weighted by atomic mass is 10.1. The Morgan fingerprint density at radius 2 is 1.67 bits per heavy atom. The maximum absolute atomic E-state index is 6.16. The first kappa shape index (κ1) is 15.3. The zero-order chi connectivity index (χ0) is 18.2. The van der Waals surface area contributed by atoms with E-state index in [0.29, 0.717) is 5.82 Å². The summed E-state index contributed by atoms with van der Waals surface area (Å²) in [6.45, 7) is 0. The van der Waals surface area contributed by atoms with Crippen molar-refractivity contribution >= 4 is 16.9 Å². The van der Waals surface area contributed by atoms with Crippen molar-refractivity contribution in [2.75, 3.05) is 5.73 Å². The molecule has 0 aliphatic heterocycles. The van der Waals surface area contributed by atoms with Crippen LogP contribution in [0, 0.1) is 0 Å². The van der Waals surface area contributed by atoms with Crippen molar-refractivity contribution in [1.29, 1.82) is 0 Å². The fourth-order valence-electron chi connectivity index (χ4n) is 3.10. The van der Waals surface area contributed by atoms with E-state index in [0.717, 1.165) is 44.8 Å². The zero-order valence-electron chi connectivity index (χ0n) is 14.3. The number of rotatable bonds is 3. The molecule has 0 amide bonds. The monoisotopic (exact) mass is 353 g/mol. The summed E-state index contributed by atoms with van der Waals surface area (Å²) in [5.41, 5.74) is 12.1. The van der Waals surface area contributed by atoms with Gasteiger partial charge in [-0.2, -0.15) is 0 Å². The minimum absolute atomic E-state index is 0.488. The molecule has 27 heavy (non-hydrogen) atoms. The first-order valence-electron chi connectivity index (χ1n) is 8.47. The van der Waals surface area contributed by atoms with Crippen molar-refractivity contribution in [2.24, 2.45) is 0 Å². The van der Waals surface area contributed by atoms with Gasteiger partial charge in [0.1, 0.15) is 17.1 Å². The van der Waals surface area contributed by atoms with E-state index in [1.165, 1.54) is 0 Å². The minimum Gasteiger partial charge on any atom is -0.454 e. The molecule has 0 fully saturated rings. The summed E-state index contributed by atoms with van der Waals surface area (Å²) >= 11 is 0. The number of hydrogen-bond donors (Lipinski definition) is 2. The van der Waals surface area contributed by atoms with E-state index in [1.807, 2.05) is 42.5 Å². The summed E-state index contributed by atoms with van der Waals surface area (Å²) in [6, 6.07) is 15.7. The van der Waals surface area contributed by atoms with Gasteiger partial charge in [-0.3, -0.25) is 4.98 Å². The third-order valence-electron chi connectivity index (χ3n) is 4.49.